The Bertz CT molecular complexity index is 638. The summed E-state index contributed by atoms with van der Waals surface area (Å²) in [6.07, 6.45) is 17.0. The van der Waals surface area contributed by atoms with Crippen molar-refractivity contribution in [1.29, 1.82) is 0 Å². The first-order valence-electron chi connectivity index (χ1n) is 12.6. The molecule has 8 atom stereocenters. The van der Waals surface area contributed by atoms with Crippen LogP contribution in [0.15, 0.2) is 11.6 Å². The molecule has 164 valence electrons. The summed E-state index contributed by atoms with van der Waals surface area (Å²) in [5.41, 5.74) is 1.60. The molecule has 0 spiro atoms. The van der Waals surface area contributed by atoms with Gasteiger partial charge in [0.25, 0.3) is 0 Å². The van der Waals surface area contributed by atoms with E-state index in [1.165, 1.54) is 57.8 Å². The fraction of sp³-hybridized carbons (Fsp3) is 0.889. The summed E-state index contributed by atoms with van der Waals surface area (Å²) >= 11 is 2.97. The average molecular weight is 464 g/mol. The molecule has 0 aromatic carbocycles. The van der Waals surface area contributed by atoms with Gasteiger partial charge in [0.05, 0.1) is 0 Å². The second-order valence-corrected chi connectivity index (χ2v) is 12.5. The molecule has 3 fully saturated rings. The van der Waals surface area contributed by atoms with Crippen molar-refractivity contribution >= 4 is 20.5 Å². The molecule has 0 bridgehead atoms. The minimum atomic E-state index is -0.581. The van der Waals surface area contributed by atoms with Crippen molar-refractivity contribution in [1.82, 2.24) is 0 Å². The zero-order chi connectivity index (χ0) is 20.8. The van der Waals surface area contributed by atoms with Gasteiger partial charge in [-0.25, -0.2) is 0 Å². The molecule has 4 rings (SSSR count). The summed E-state index contributed by atoms with van der Waals surface area (Å²) in [6, 6.07) is 0. The van der Waals surface area contributed by atoms with Gasteiger partial charge in [0, 0.05) is 0 Å². The molecule has 2 heteroatoms. The summed E-state index contributed by atoms with van der Waals surface area (Å²) < 4.78 is 0. The van der Waals surface area contributed by atoms with Crippen LogP contribution in [0.3, 0.4) is 0 Å². The molecule has 0 heterocycles. The molecule has 0 aromatic rings. The van der Waals surface area contributed by atoms with Gasteiger partial charge in [-0.1, -0.05) is 26.7 Å². The van der Waals surface area contributed by atoms with Gasteiger partial charge in [-0.2, -0.15) is 0 Å². The van der Waals surface area contributed by atoms with E-state index in [2.05, 4.69) is 49.3 Å². The summed E-state index contributed by atoms with van der Waals surface area (Å²) in [6.45, 7) is 9.99. The SMILES string of the molecule is CC(C)CCC[C@@H](C)[C@H]1CC[C@H]2[C@@H]3CC=C4CC(O)(C=[Se])CC[C@@H]4[C@H]3CC[C@]12C. The molecule has 3 saturated carbocycles. The molecular weight excluding hydrogens is 419 g/mol. The number of rotatable bonds is 6. The van der Waals surface area contributed by atoms with E-state index in [1.54, 1.807) is 5.57 Å². The summed E-state index contributed by atoms with van der Waals surface area (Å²) in [7, 11) is 0. The van der Waals surface area contributed by atoms with Gasteiger partial charge < -0.3 is 0 Å². The van der Waals surface area contributed by atoms with Crippen LogP contribution < -0.4 is 0 Å². The first-order valence-corrected chi connectivity index (χ1v) is 13.6. The third-order valence-electron chi connectivity index (χ3n) is 9.96. The van der Waals surface area contributed by atoms with Gasteiger partial charge in [0.15, 0.2) is 0 Å². The van der Waals surface area contributed by atoms with Gasteiger partial charge in [-0.3, -0.25) is 0 Å². The molecule has 1 nitrogen and oxygen atoms in total. The Balaban J connectivity index is 1.46. The maximum absolute atomic E-state index is 10.8. The minimum absolute atomic E-state index is 0.581. The van der Waals surface area contributed by atoms with E-state index in [0.717, 1.165) is 54.3 Å². The summed E-state index contributed by atoms with van der Waals surface area (Å²) in [5, 5.41) is 10.8. The predicted octanol–water partition coefficient (Wildman–Crippen LogP) is 6.34. The van der Waals surface area contributed by atoms with E-state index in [1.807, 2.05) is 4.92 Å². The van der Waals surface area contributed by atoms with Crippen molar-refractivity contribution < 1.29 is 5.11 Å². The number of aliphatic hydroxyl groups is 1. The van der Waals surface area contributed by atoms with Gasteiger partial charge in [0.2, 0.25) is 0 Å². The van der Waals surface area contributed by atoms with Gasteiger partial charge >= 0.3 is 155 Å². The van der Waals surface area contributed by atoms with Crippen molar-refractivity contribution in [3.05, 3.63) is 11.6 Å². The van der Waals surface area contributed by atoms with E-state index >= 15 is 0 Å². The van der Waals surface area contributed by atoms with Crippen LogP contribution in [-0.2, 0) is 0 Å². The van der Waals surface area contributed by atoms with Crippen LogP contribution in [0.2, 0.25) is 0 Å². The van der Waals surface area contributed by atoms with Crippen LogP contribution in [0.4, 0.5) is 0 Å². The van der Waals surface area contributed by atoms with E-state index in [4.69, 9.17) is 0 Å². The van der Waals surface area contributed by atoms with Crippen molar-refractivity contribution in [2.75, 3.05) is 0 Å². The molecule has 0 saturated heterocycles. The number of hydrogen-bond acceptors (Lipinski definition) is 1. The number of allylic oxidation sites excluding steroid dienone is 1. The van der Waals surface area contributed by atoms with Crippen LogP contribution in [0, 0.1) is 46.8 Å². The Kier molecular flexibility index (Phi) is 6.57. The third-order valence-corrected chi connectivity index (χ3v) is 10.9. The Labute approximate surface area is 187 Å². The molecule has 29 heavy (non-hydrogen) atoms. The van der Waals surface area contributed by atoms with Crippen LogP contribution in [0.1, 0.15) is 98.3 Å². The van der Waals surface area contributed by atoms with Crippen molar-refractivity contribution in [3.8, 4) is 0 Å². The fourth-order valence-corrected chi connectivity index (χ4v) is 8.87. The third kappa shape index (κ3) is 4.12. The zero-order valence-electron chi connectivity index (χ0n) is 19.3. The first-order chi connectivity index (χ1) is 13.8. The normalized spacial score (nSPS) is 45.2. The van der Waals surface area contributed by atoms with Gasteiger partial charge in [-0.05, 0) is 5.92 Å². The van der Waals surface area contributed by atoms with Crippen LogP contribution in [0.25, 0.3) is 0 Å². The Morgan fingerprint density at radius 2 is 1.90 bits per heavy atom. The van der Waals surface area contributed by atoms with E-state index < -0.39 is 5.60 Å². The Morgan fingerprint density at radius 1 is 1.10 bits per heavy atom. The molecule has 1 unspecified atom stereocenters. The quantitative estimate of drug-likeness (QED) is 0.360. The topological polar surface area (TPSA) is 20.2 Å². The number of fused-ring (bicyclic) bond motifs is 5. The molecule has 0 aliphatic heterocycles. The van der Waals surface area contributed by atoms with Crippen molar-refractivity contribution in [2.45, 2.75) is 104 Å². The van der Waals surface area contributed by atoms with E-state index in [-0.39, 0.29) is 0 Å². The second kappa shape index (κ2) is 8.55. The fourth-order valence-electron chi connectivity index (χ4n) is 8.44. The summed E-state index contributed by atoms with van der Waals surface area (Å²) in [4.78, 5) is 1.93. The average Bonchev–Trinajstić information content (AvgIpc) is 3.04. The van der Waals surface area contributed by atoms with Crippen LogP contribution in [-0.4, -0.2) is 31.2 Å². The first kappa shape index (κ1) is 22.3. The molecule has 0 aromatic heterocycles. The number of hydrogen-bond donors (Lipinski definition) is 1. The van der Waals surface area contributed by atoms with Crippen molar-refractivity contribution in [2.24, 2.45) is 46.8 Å². The standard InChI is InChI=1S/C27H44OSe/c1-18(2)6-5-7-19(3)24-10-11-25-23-9-8-20-16-27(28,17-29)15-13-21(20)22(23)12-14-26(24,25)4/h8,17-19,21-25,28H,5-7,9-16H2,1-4H3/t19-,21+,22-,23-,24-,25+,26-,27?/m1/s1. The molecule has 4 aliphatic rings. The Morgan fingerprint density at radius 3 is 2.62 bits per heavy atom. The van der Waals surface area contributed by atoms with Gasteiger partial charge in [0.1, 0.15) is 0 Å². The molecule has 0 amide bonds. The molecule has 0 radical (unpaired) electrons. The maximum atomic E-state index is 10.8. The Hall–Kier alpha value is 0.0895. The van der Waals surface area contributed by atoms with Crippen LogP contribution in [0.5, 0.6) is 0 Å². The zero-order valence-corrected chi connectivity index (χ0v) is 21.0. The molecular formula is C27H44OSe. The van der Waals surface area contributed by atoms with Crippen molar-refractivity contribution in [3.63, 3.8) is 0 Å². The van der Waals surface area contributed by atoms with E-state index in [0.29, 0.717) is 5.41 Å². The molecule has 4 aliphatic carbocycles. The van der Waals surface area contributed by atoms with Gasteiger partial charge in [-0.15, -0.1) is 0 Å². The van der Waals surface area contributed by atoms with Crippen LogP contribution >= 0.6 is 0 Å². The molecule has 1 N–H and O–H groups in total. The predicted molar refractivity (Wildman–Crippen MR) is 125 cm³/mol. The summed E-state index contributed by atoms with van der Waals surface area (Å²) in [5.74, 6) is 6.23. The second-order valence-electron chi connectivity index (χ2n) is 12.0. The van der Waals surface area contributed by atoms with E-state index in [9.17, 15) is 5.11 Å². The monoisotopic (exact) mass is 464 g/mol.